The van der Waals surface area contributed by atoms with Crippen molar-refractivity contribution < 1.29 is 19.4 Å². The monoisotopic (exact) mass is 261 g/mol. The molecule has 5 heteroatoms. The zero-order valence-corrected chi connectivity index (χ0v) is 11.1. The SMILES string of the molecule is CCC(=C(C#N)C(=O)OC)c1ccc(O)c(OC)c1. The van der Waals surface area contributed by atoms with E-state index in [9.17, 15) is 9.90 Å². The van der Waals surface area contributed by atoms with Crippen LogP contribution in [0.2, 0.25) is 0 Å². The normalized spacial score (nSPS) is 11.3. The van der Waals surface area contributed by atoms with Gasteiger partial charge in [0.05, 0.1) is 14.2 Å². The van der Waals surface area contributed by atoms with E-state index in [-0.39, 0.29) is 17.1 Å². The molecule has 5 nitrogen and oxygen atoms in total. The van der Waals surface area contributed by atoms with Gasteiger partial charge >= 0.3 is 5.97 Å². The minimum absolute atomic E-state index is 0.00159. The van der Waals surface area contributed by atoms with Crippen LogP contribution in [-0.2, 0) is 9.53 Å². The summed E-state index contributed by atoms with van der Waals surface area (Å²) in [5.41, 5.74) is 1.14. The van der Waals surface area contributed by atoms with Crippen LogP contribution >= 0.6 is 0 Å². The number of nitriles is 1. The number of rotatable bonds is 4. The predicted molar refractivity (Wildman–Crippen MR) is 69.5 cm³/mol. The number of nitrogens with zero attached hydrogens (tertiary/aromatic N) is 1. The van der Waals surface area contributed by atoms with Crippen LogP contribution in [0.1, 0.15) is 18.9 Å². The lowest BCUT2D eigenvalue weighted by atomic mass is 9.97. The molecule has 19 heavy (non-hydrogen) atoms. The van der Waals surface area contributed by atoms with E-state index in [1.807, 2.05) is 13.0 Å². The van der Waals surface area contributed by atoms with Crippen LogP contribution in [-0.4, -0.2) is 25.3 Å². The van der Waals surface area contributed by atoms with Crippen LogP contribution in [0.4, 0.5) is 0 Å². The molecule has 0 amide bonds. The molecule has 0 saturated heterocycles. The van der Waals surface area contributed by atoms with Crippen molar-refractivity contribution in [2.24, 2.45) is 0 Å². The molecular weight excluding hydrogens is 246 g/mol. The molecule has 0 heterocycles. The fourth-order valence-electron chi connectivity index (χ4n) is 1.73. The summed E-state index contributed by atoms with van der Waals surface area (Å²) >= 11 is 0. The molecule has 0 bridgehead atoms. The van der Waals surface area contributed by atoms with Crippen LogP contribution in [0.5, 0.6) is 11.5 Å². The Morgan fingerprint density at radius 2 is 2.11 bits per heavy atom. The van der Waals surface area contributed by atoms with Gasteiger partial charge in [0, 0.05) is 0 Å². The van der Waals surface area contributed by atoms with Crippen LogP contribution < -0.4 is 4.74 Å². The molecule has 1 aromatic carbocycles. The van der Waals surface area contributed by atoms with Gasteiger partial charge in [-0.15, -0.1) is 0 Å². The Labute approximate surface area is 111 Å². The third-order valence-electron chi connectivity index (χ3n) is 2.68. The molecule has 0 spiro atoms. The molecule has 1 N–H and O–H groups in total. The van der Waals surface area contributed by atoms with Gasteiger partial charge in [-0.05, 0) is 29.7 Å². The van der Waals surface area contributed by atoms with Crippen LogP contribution in [0.25, 0.3) is 5.57 Å². The Bertz CT molecular complexity index is 555. The lowest BCUT2D eigenvalue weighted by Gasteiger charge is -2.10. The van der Waals surface area contributed by atoms with E-state index >= 15 is 0 Å². The molecule has 100 valence electrons. The Kier molecular flexibility index (Phi) is 4.95. The summed E-state index contributed by atoms with van der Waals surface area (Å²) in [6.45, 7) is 1.83. The number of phenolic OH excluding ortho intramolecular Hbond substituents is 1. The first-order chi connectivity index (χ1) is 9.08. The molecule has 0 radical (unpaired) electrons. The van der Waals surface area contributed by atoms with Crippen molar-refractivity contribution in [3.8, 4) is 17.6 Å². The first-order valence-electron chi connectivity index (χ1n) is 5.67. The quantitative estimate of drug-likeness (QED) is 0.511. The lowest BCUT2D eigenvalue weighted by Crippen LogP contribution is -2.06. The second kappa shape index (κ2) is 6.45. The van der Waals surface area contributed by atoms with Crippen molar-refractivity contribution in [1.82, 2.24) is 0 Å². The van der Waals surface area contributed by atoms with Gasteiger partial charge in [0.25, 0.3) is 0 Å². The smallest absolute Gasteiger partial charge is 0.348 e. The first-order valence-corrected chi connectivity index (χ1v) is 5.67. The van der Waals surface area contributed by atoms with Gasteiger partial charge in [-0.3, -0.25) is 0 Å². The number of hydrogen-bond acceptors (Lipinski definition) is 5. The van der Waals surface area contributed by atoms with Crippen LogP contribution in [0, 0.1) is 11.3 Å². The zero-order valence-electron chi connectivity index (χ0n) is 11.1. The number of allylic oxidation sites excluding steroid dienone is 1. The second-order valence-corrected chi connectivity index (χ2v) is 3.70. The van der Waals surface area contributed by atoms with Crippen molar-refractivity contribution in [3.63, 3.8) is 0 Å². The largest absolute Gasteiger partial charge is 0.504 e. The molecule has 0 aliphatic carbocycles. The number of benzene rings is 1. The van der Waals surface area contributed by atoms with Gasteiger partial charge in [0.1, 0.15) is 11.6 Å². The van der Waals surface area contributed by atoms with Crippen molar-refractivity contribution in [2.45, 2.75) is 13.3 Å². The number of methoxy groups -OCH3 is 2. The molecule has 0 saturated carbocycles. The minimum atomic E-state index is -0.675. The number of ether oxygens (including phenoxy) is 2. The van der Waals surface area contributed by atoms with Crippen molar-refractivity contribution in [2.75, 3.05) is 14.2 Å². The Morgan fingerprint density at radius 1 is 1.42 bits per heavy atom. The average molecular weight is 261 g/mol. The fourth-order valence-corrected chi connectivity index (χ4v) is 1.73. The van der Waals surface area contributed by atoms with Crippen molar-refractivity contribution >= 4 is 11.5 Å². The molecule has 1 rings (SSSR count). The summed E-state index contributed by atoms with van der Waals surface area (Å²) in [5.74, 6) is -0.393. The summed E-state index contributed by atoms with van der Waals surface area (Å²) in [7, 11) is 2.66. The summed E-state index contributed by atoms with van der Waals surface area (Å²) < 4.78 is 9.60. The fraction of sp³-hybridized carbons (Fsp3) is 0.286. The van der Waals surface area contributed by atoms with Gasteiger partial charge in [0.2, 0.25) is 0 Å². The van der Waals surface area contributed by atoms with Gasteiger partial charge in [-0.25, -0.2) is 4.79 Å². The highest BCUT2D eigenvalue weighted by molar-refractivity contribution is 6.01. The Morgan fingerprint density at radius 3 is 2.58 bits per heavy atom. The topological polar surface area (TPSA) is 79.6 Å². The highest BCUT2D eigenvalue weighted by Crippen LogP contribution is 2.31. The maximum Gasteiger partial charge on any atom is 0.348 e. The van der Waals surface area contributed by atoms with Gasteiger partial charge in [-0.1, -0.05) is 13.0 Å². The maximum absolute atomic E-state index is 11.6. The molecule has 0 aliphatic rings. The van der Waals surface area contributed by atoms with E-state index in [2.05, 4.69) is 4.74 Å². The first kappa shape index (κ1) is 14.6. The third kappa shape index (κ3) is 3.05. The van der Waals surface area contributed by atoms with Crippen LogP contribution in [0.3, 0.4) is 0 Å². The minimum Gasteiger partial charge on any atom is -0.504 e. The number of aromatic hydroxyl groups is 1. The highest BCUT2D eigenvalue weighted by atomic mass is 16.5. The second-order valence-electron chi connectivity index (χ2n) is 3.70. The summed E-state index contributed by atoms with van der Waals surface area (Å²) in [5, 5.41) is 18.6. The van der Waals surface area contributed by atoms with Gasteiger partial charge in [0.15, 0.2) is 11.5 Å². The Balaban J connectivity index is 3.42. The Hall–Kier alpha value is -2.48. The molecule has 0 aromatic heterocycles. The van der Waals surface area contributed by atoms with Gasteiger partial charge in [-0.2, -0.15) is 5.26 Å². The predicted octanol–water partition coefficient (Wildman–Crippen LogP) is 2.26. The number of esters is 1. The van der Waals surface area contributed by atoms with E-state index in [1.54, 1.807) is 12.1 Å². The van der Waals surface area contributed by atoms with Gasteiger partial charge < -0.3 is 14.6 Å². The molecule has 1 aromatic rings. The number of carbonyl (C=O) groups is 1. The standard InChI is InChI=1S/C14H15NO4/c1-4-10(11(8-15)14(17)19-3)9-5-6-12(16)13(7-9)18-2/h5-7,16H,4H2,1-3H3. The third-order valence-corrected chi connectivity index (χ3v) is 2.68. The van der Waals surface area contributed by atoms with E-state index < -0.39 is 5.97 Å². The molecule has 0 aliphatic heterocycles. The van der Waals surface area contributed by atoms with E-state index in [4.69, 9.17) is 10.00 Å². The summed E-state index contributed by atoms with van der Waals surface area (Å²) in [6.07, 6.45) is 0.478. The summed E-state index contributed by atoms with van der Waals surface area (Å²) in [6, 6.07) is 6.51. The van der Waals surface area contributed by atoms with Crippen LogP contribution in [0.15, 0.2) is 23.8 Å². The van der Waals surface area contributed by atoms with Crippen molar-refractivity contribution in [3.05, 3.63) is 29.3 Å². The summed E-state index contributed by atoms with van der Waals surface area (Å²) in [4.78, 5) is 11.6. The van der Waals surface area contributed by atoms with E-state index in [1.165, 1.54) is 20.3 Å². The maximum atomic E-state index is 11.6. The number of hydrogen-bond donors (Lipinski definition) is 1. The van der Waals surface area contributed by atoms with Crippen molar-refractivity contribution in [1.29, 1.82) is 5.26 Å². The van der Waals surface area contributed by atoms with E-state index in [0.717, 1.165) is 0 Å². The number of carbonyl (C=O) groups excluding carboxylic acids is 1. The average Bonchev–Trinajstić information content (AvgIpc) is 2.44. The number of phenols is 1. The molecule has 0 fully saturated rings. The van der Waals surface area contributed by atoms with E-state index in [0.29, 0.717) is 17.6 Å². The zero-order chi connectivity index (χ0) is 14.4. The molecule has 0 unspecified atom stereocenters. The molecule has 0 atom stereocenters. The molecular formula is C14H15NO4. The highest BCUT2D eigenvalue weighted by Gasteiger charge is 2.17. The lowest BCUT2D eigenvalue weighted by molar-refractivity contribution is -0.135.